The molecule has 0 fully saturated rings. The Morgan fingerprint density at radius 1 is 0.650 bits per heavy atom. The van der Waals surface area contributed by atoms with E-state index < -0.39 is 0 Å². The first-order valence-corrected chi connectivity index (χ1v) is 7.31. The molecule has 0 radical (unpaired) electrons. The molecule has 0 aliphatic carbocycles. The lowest BCUT2D eigenvalue weighted by Gasteiger charge is -2.26. The fourth-order valence-electron chi connectivity index (χ4n) is 2.51. The monoisotopic (exact) mass is 270 g/mol. The van der Waals surface area contributed by atoms with Crippen LogP contribution in [0.1, 0.15) is 64.1 Å². The molecule has 2 heteroatoms. The summed E-state index contributed by atoms with van der Waals surface area (Å²) in [5.74, 6) is 0. The highest BCUT2D eigenvalue weighted by molar-refractivity contribution is 5.83. The predicted molar refractivity (Wildman–Crippen MR) is 86.4 cm³/mol. The molecule has 2 aromatic rings. The number of aryl methyl sites for hydroxylation is 2. The third-order valence-corrected chi connectivity index (χ3v) is 3.85. The summed E-state index contributed by atoms with van der Waals surface area (Å²) in [6.45, 7) is 17.5. The molecule has 0 unspecified atom stereocenters. The highest BCUT2D eigenvalue weighted by Crippen LogP contribution is 2.34. The molecule has 0 spiro atoms. The van der Waals surface area contributed by atoms with Crippen LogP contribution in [0.2, 0.25) is 0 Å². The largest absolute Gasteiger partial charge is 0.249 e. The van der Waals surface area contributed by atoms with Gasteiger partial charge in [-0.1, -0.05) is 53.7 Å². The summed E-state index contributed by atoms with van der Waals surface area (Å²) in [4.78, 5) is 9.71. The first-order chi connectivity index (χ1) is 9.01. The Morgan fingerprint density at radius 3 is 1.20 bits per heavy atom. The van der Waals surface area contributed by atoms with Crippen LogP contribution in [0.25, 0.3) is 11.0 Å². The van der Waals surface area contributed by atoms with Crippen LogP contribution in [0.3, 0.4) is 0 Å². The quantitative estimate of drug-likeness (QED) is 0.684. The normalized spacial score (nSPS) is 13.0. The van der Waals surface area contributed by atoms with Crippen LogP contribution < -0.4 is 0 Å². The summed E-state index contributed by atoms with van der Waals surface area (Å²) in [5.41, 5.74) is 6.87. The zero-order valence-electron chi connectivity index (χ0n) is 14.0. The zero-order chi connectivity index (χ0) is 15.3. The molecular formula is C18H26N2. The van der Waals surface area contributed by atoms with Crippen molar-refractivity contribution >= 4 is 11.0 Å². The second-order valence-electron chi connectivity index (χ2n) is 7.75. The van der Waals surface area contributed by atoms with Crippen LogP contribution in [-0.4, -0.2) is 9.97 Å². The highest BCUT2D eigenvalue weighted by Gasteiger charge is 2.24. The molecule has 1 heterocycles. The van der Waals surface area contributed by atoms with Gasteiger partial charge in [0.25, 0.3) is 0 Å². The molecule has 108 valence electrons. The molecule has 1 aromatic carbocycles. The average Bonchev–Trinajstić information content (AvgIpc) is 2.26. The minimum Gasteiger partial charge on any atom is -0.249 e. The van der Waals surface area contributed by atoms with E-state index in [9.17, 15) is 0 Å². The Bertz CT molecular complexity index is 597. The van der Waals surface area contributed by atoms with Gasteiger partial charge < -0.3 is 0 Å². The van der Waals surface area contributed by atoms with E-state index in [1.165, 1.54) is 11.1 Å². The molecule has 1 aromatic heterocycles. The first kappa shape index (κ1) is 15.0. The highest BCUT2D eigenvalue weighted by atomic mass is 14.8. The van der Waals surface area contributed by atoms with Crippen molar-refractivity contribution in [1.82, 2.24) is 9.97 Å². The van der Waals surface area contributed by atoms with Crippen molar-refractivity contribution in [1.29, 1.82) is 0 Å². The molecule has 0 amide bonds. The van der Waals surface area contributed by atoms with E-state index in [-0.39, 0.29) is 10.8 Å². The number of hydrogen-bond donors (Lipinski definition) is 0. The lowest BCUT2D eigenvalue weighted by molar-refractivity contribution is 0.583. The first-order valence-electron chi connectivity index (χ1n) is 7.31. The number of aromatic nitrogens is 2. The third-order valence-electron chi connectivity index (χ3n) is 3.85. The van der Waals surface area contributed by atoms with Gasteiger partial charge in [-0.25, -0.2) is 9.97 Å². The molecule has 0 atom stereocenters. The smallest absolute Gasteiger partial charge is 0.0930 e. The van der Waals surface area contributed by atoms with E-state index in [1.807, 2.05) is 13.8 Å². The van der Waals surface area contributed by atoms with E-state index in [4.69, 9.17) is 9.97 Å². The number of benzene rings is 1. The summed E-state index contributed by atoms with van der Waals surface area (Å²) >= 11 is 0. The number of nitrogens with zero attached hydrogens (tertiary/aromatic N) is 2. The molecule has 0 N–H and O–H groups in total. The number of hydrogen-bond acceptors (Lipinski definition) is 2. The van der Waals surface area contributed by atoms with Crippen LogP contribution >= 0.6 is 0 Å². The van der Waals surface area contributed by atoms with E-state index >= 15 is 0 Å². The van der Waals surface area contributed by atoms with Crippen LogP contribution in [0, 0.1) is 13.8 Å². The zero-order valence-corrected chi connectivity index (χ0v) is 14.0. The second kappa shape index (κ2) is 4.54. The fraction of sp³-hybridized carbons (Fsp3) is 0.556. The van der Waals surface area contributed by atoms with Gasteiger partial charge in [-0.15, -0.1) is 0 Å². The van der Waals surface area contributed by atoms with Crippen molar-refractivity contribution in [2.24, 2.45) is 0 Å². The Hall–Kier alpha value is -1.44. The summed E-state index contributed by atoms with van der Waals surface area (Å²) in [6, 6.07) is 4.46. The van der Waals surface area contributed by atoms with Crippen molar-refractivity contribution in [2.45, 2.75) is 66.2 Å². The van der Waals surface area contributed by atoms with Gasteiger partial charge in [0.1, 0.15) is 0 Å². The van der Waals surface area contributed by atoms with Crippen molar-refractivity contribution in [3.8, 4) is 0 Å². The SMILES string of the molecule is Cc1nc2c(C(C)(C)C)ccc(C(C)(C)C)c2nc1C. The Balaban J connectivity index is 2.94. The van der Waals surface area contributed by atoms with Gasteiger partial charge in [-0.05, 0) is 35.8 Å². The molecular weight excluding hydrogens is 244 g/mol. The third kappa shape index (κ3) is 2.56. The summed E-state index contributed by atoms with van der Waals surface area (Å²) < 4.78 is 0. The molecule has 0 saturated heterocycles. The summed E-state index contributed by atoms with van der Waals surface area (Å²) in [5, 5.41) is 0. The van der Waals surface area contributed by atoms with Crippen molar-refractivity contribution in [3.63, 3.8) is 0 Å². The second-order valence-corrected chi connectivity index (χ2v) is 7.75. The van der Waals surface area contributed by atoms with E-state index in [2.05, 4.69) is 53.7 Å². The molecule has 0 saturated carbocycles. The van der Waals surface area contributed by atoms with Crippen LogP contribution in [0.5, 0.6) is 0 Å². The minimum absolute atomic E-state index is 0.0744. The molecule has 0 aliphatic rings. The van der Waals surface area contributed by atoms with Gasteiger partial charge in [-0.3, -0.25) is 0 Å². The maximum Gasteiger partial charge on any atom is 0.0930 e. The lowest BCUT2D eigenvalue weighted by Crippen LogP contribution is -2.17. The maximum absolute atomic E-state index is 4.85. The van der Waals surface area contributed by atoms with Crippen molar-refractivity contribution in [2.75, 3.05) is 0 Å². The van der Waals surface area contributed by atoms with Gasteiger partial charge in [-0.2, -0.15) is 0 Å². The minimum atomic E-state index is 0.0744. The van der Waals surface area contributed by atoms with Crippen LogP contribution in [-0.2, 0) is 10.8 Å². The van der Waals surface area contributed by atoms with Gasteiger partial charge >= 0.3 is 0 Å². The van der Waals surface area contributed by atoms with E-state index in [0.717, 1.165) is 22.4 Å². The van der Waals surface area contributed by atoms with Crippen molar-refractivity contribution in [3.05, 3.63) is 34.6 Å². The van der Waals surface area contributed by atoms with Gasteiger partial charge in [0, 0.05) is 0 Å². The summed E-state index contributed by atoms with van der Waals surface area (Å²) in [7, 11) is 0. The fourth-order valence-corrected chi connectivity index (χ4v) is 2.51. The van der Waals surface area contributed by atoms with Gasteiger partial charge in [0.2, 0.25) is 0 Å². The number of rotatable bonds is 0. The Morgan fingerprint density at radius 2 is 0.950 bits per heavy atom. The Labute approximate surface area is 122 Å². The predicted octanol–water partition coefficient (Wildman–Crippen LogP) is 4.84. The maximum atomic E-state index is 4.85. The van der Waals surface area contributed by atoms with Crippen LogP contribution in [0.15, 0.2) is 12.1 Å². The molecule has 20 heavy (non-hydrogen) atoms. The van der Waals surface area contributed by atoms with E-state index in [1.54, 1.807) is 0 Å². The molecule has 2 nitrogen and oxygen atoms in total. The Kier molecular flexibility index (Phi) is 3.40. The number of fused-ring (bicyclic) bond motifs is 1. The standard InChI is InChI=1S/C18H26N2/c1-11-12(2)20-16-14(18(6,7)8)10-9-13(15(16)19-11)17(3,4)5/h9-10H,1-8H3. The van der Waals surface area contributed by atoms with Crippen molar-refractivity contribution < 1.29 is 0 Å². The van der Waals surface area contributed by atoms with Gasteiger partial charge in [0.15, 0.2) is 0 Å². The lowest BCUT2D eigenvalue weighted by atomic mass is 9.80. The molecule has 2 rings (SSSR count). The molecule has 0 bridgehead atoms. The van der Waals surface area contributed by atoms with E-state index in [0.29, 0.717) is 0 Å². The topological polar surface area (TPSA) is 25.8 Å². The van der Waals surface area contributed by atoms with Gasteiger partial charge in [0.05, 0.1) is 22.4 Å². The van der Waals surface area contributed by atoms with Crippen LogP contribution in [0.4, 0.5) is 0 Å². The average molecular weight is 270 g/mol. The summed E-state index contributed by atoms with van der Waals surface area (Å²) in [6.07, 6.45) is 0. The molecule has 0 aliphatic heterocycles.